The van der Waals surface area contributed by atoms with Gasteiger partial charge < -0.3 is 4.74 Å². The zero-order valence-corrected chi connectivity index (χ0v) is 13.0. The summed E-state index contributed by atoms with van der Waals surface area (Å²) in [5, 5.41) is 0.835. The number of carbonyl (C=O) groups is 2. The number of rotatable bonds is 2. The first-order valence-corrected chi connectivity index (χ1v) is 8.38. The summed E-state index contributed by atoms with van der Waals surface area (Å²) < 4.78 is 5.61. The predicted octanol–water partition coefficient (Wildman–Crippen LogP) is 3.39. The van der Waals surface area contributed by atoms with Gasteiger partial charge in [0.1, 0.15) is 0 Å². The van der Waals surface area contributed by atoms with E-state index in [9.17, 15) is 9.59 Å². The van der Waals surface area contributed by atoms with Gasteiger partial charge in [0.05, 0.1) is 11.1 Å². The highest BCUT2D eigenvalue weighted by Crippen LogP contribution is 2.31. The molecule has 0 spiro atoms. The highest BCUT2D eigenvalue weighted by atomic mass is 16.5. The van der Waals surface area contributed by atoms with Crippen LogP contribution in [-0.4, -0.2) is 22.8 Å². The van der Waals surface area contributed by atoms with Gasteiger partial charge in [-0.05, 0) is 50.2 Å². The maximum absolute atomic E-state index is 12.8. The first-order chi connectivity index (χ1) is 11.2. The Labute approximate surface area is 134 Å². The van der Waals surface area contributed by atoms with Gasteiger partial charge in [-0.2, -0.15) is 0 Å². The van der Waals surface area contributed by atoms with E-state index in [1.807, 2.05) is 24.3 Å². The van der Waals surface area contributed by atoms with Crippen LogP contribution in [0.15, 0.2) is 24.3 Å². The molecule has 1 heterocycles. The predicted molar refractivity (Wildman–Crippen MR) is 86.4 cm³/mol. The van der Waals surface area contributed by atoms with Crippen LogP contribution >= 0.6 is 0 Å². The number of benzene rings is 1. The van der Waals surface area contributed by atoms with Crippen molar-refractivity contribution in [2.75, 3.05) is 0 Å². The Bertz CT molecular complexity index is 797. The lowest BCUT2D eigenvalue weighted by atomic mass is 9.96. The molecule has 4 heteroatoms. The van der Waals surface area contributed by atoms with Gasteiger partial charge in [0.15, 0.2) is 11.9 Å². The molecule has 2 aromatic rings. The monoisotopic (exact) mass is 309 g/mol. The van der Waals surface area contributed by atoms with E-state index >= 15 is 0 Å². The number of Topliss-reactive ketones (excluding diaryl/α,β-unsaturated/α-hetero) is 1. The van der Waals surface area contributed by atoms with E-state index in [0.29, 0.717) is 18.4 Å². The second-order valence-electron chi connectivity index (χ2n) is 6.39. The molecule has 0 saturated heterocycles. The first kappa shape index (κ1) is 14.4. The average molecular weight is 309 g/mol. The van der Waals surface area contributed by atoms with Crippen LogP contribution in [0.4, 0.5) is 0 Å². The molecule has 2 aliphatic rings. The second kappa shape index (κ2) is 5.76. The lowest BCUT2D eigenvalue weighted by Crippen LogP contribution is -2.30. The highest BCUT2D eigenvalue weighted by molar-refractivity contribution is 6.06. The van der Waals surface area contributed by atoms with Crippen LogP contribution < -0.4 is 0 Å². The number of ether oxygens (including phenoxy) is 1. The fraction of sp³-hybridized carbons (Fsp3) is 0.421. The molecule has 23 heavy (non-hydrogen) atoms. The van der Waals surface area contributed by atoms with Crippen LogP contribution in [0.5, 0.6) is 0 Å². The lowest BCUT2D eigenvalue weighted by Gasteiger charge is -2.21. The van der Waals surface area contributed by atoms with Crippen molar-refractivity contribution in [1.29, 1.82) is 0 Å². The number of hydrogen-bond donors (Lipinski definition) is 0. The van der Waals surface area contributed by atoms with Crippen molar-refractivity contribution in [3.63, 3.8) is 0 Å². The van der Waals surface area contributed by atoms with Gasteiger partial charge in [-0.3, -0.25) is 9.78 Å². The summed E-state index contributed by atoms with van der Waals surface area (Å²) in [5.74, 6) is -0.304. The summed E-state index contributed by atoms with van der Waals surface area (Å²) in [5.41, 5.74) is 3.47. The highest BCUT2D eigenvalue weighted by Gasteiger charge is 2.30. The van der Waals surface area contributed by atoms with E-state index in [-0.39, 0.29) is 11.8 Å². The summed E-state index contributed by atoms with van der Waals surface area (Å²) in [6.45, 7) is 0. The third-order valence-corrected chi connectivity index (χ3v) is 4.87. The van der Waals surface area contributed by atoms with Gasteiger partial charge in [0, 0.05) is 17.5 Å². The van der Waals surface area contributed by atoms with Crippen LogP contribution in [0, 0.1) is 0 Å². The van der Waals surface area contributed by atoms with Gasteiger partial charge in [-0.15, -0.1) is 0 Å². The van der Waals surface area contributed by atoms with Crippen molar-refractivity contribution in [1.82, 2.24) is 4.98 Å². The summed E-state index contributed by atoms with van der Waals surface area (Å²) in [6, 6.07) is 7.68. The standard InChI is InChI=1S/C19H19NO3/c21-16-10-3-4-11-17(16)23-19(22)18-12-6-1-2-8-14(12)20-15-9-5-7-13(15)18/h1-2,6,8,17H,3-5,7,9-11H2/t17-/m1/s1. The quantitative estimate of drug-likeness (QED) is 0.798. The number of esters is 1. The maximum atomic E-state index is 12.8. The van der Waals surface area contributed by atoms with E-state index in [2.05, 4.69) is 4.98 Å². The minimum absolute atomic E-state index is 0.0552. The molecular formula is C19H19NO3. The molecule has 0 aliphatic heterocycles. The summed E-state index contributed by atoms with van der Waals surface area (Å²) >= 11 is 0. The van der Waals surface area contributed by atoms with Gasteiger partial charge in [-0.1, -0.05) is 18.2 Å². The van der Waals surface area contributed by atoms with Crippen molar-refractivity contribution in [3.05, 3.63) is 41.1 Å². The minimum Gasteiger partial charge on any atom is -0.451 e. The van der Waals surface area contributed by atoms with Crippen LogP contribution in [0.3, 0.4) is 0 Å². The Morgan fingerprint density at radius 1 is 1.09 bits per heavy atom. The molecule has 0 bridgehead atoms. The number of hydrogen-bond acceptors (Lipinski definition) is 4. The molecule has 4 nitrogen and oxygen atoms in total. The van der Waals surface area contributed by atoms with E-state index < -0.39 is 6.10 Å². The SMILES string of the molecule is O=C(O[C@@H]1CCCCC1=O)c1c2c(nc3ccccc13)CCC2. The smallest absolute Gasteiger partial charge is 0.339 e. The Kier molecular flexibility index (Phi) is 3.60. The van der Waals surface area contributed by atoms with Crippen molar-refractivity contribution < 1.29 is 14.3 Å². The second-order valence-corrected chi connectivity index (χ2v) is 6.39. The van der Waals surface area contributed by atoms with Gasteiger partial charge in [0.25, 0.3) is 0 Å². The number of carbonyl (C=O) groups excluding carboxylic acids is 2. The Morgan fingerprint density at radius 2 is 1.96 bits per heavy atom. The average Bonchev–Trinajstić information content (AvgIpc) is 3.02. The van der Waals surface area contributed by atoms with E-state index in [1.54, 1.807) is 0 Å². The summed E-state index contributed by atoms with van der Waals surface area (Å²) in [6.07, 6.45) is 5.23. The third kappa shape index (κ3) is 2.52. The molecule has 0 unspecified atom stereocenters. The van der Waals surface area contributed by atoms with Crippen molar-refractivity contribution in [2.45, 2.75) is 51.0 Å². The Hall–Kier alpha value is -2.23. The summed E-state index contributed by atoms with van der Waals surface area (Å²) in [7, 11) is 0. The van der Waals surface area contributed by atoms with Crippen molar-refractivity contribution >= 4 is 22.7 Å². The van der Waals surface area contributed by atoms with Gasteiger partial charge in [-0.25, -0.2) is 4.79 Å². The zero-order chi connectivity index (χ0) is 15.8. The topological polar surface area (TPSA) is 56.3 Å². The van der Waals surface area contributed by atoms with E-state index in [4.69, 9.17) is 4.74 Å². The molecule has 0 N–H and O–H groups in total. The molecule has 1 aromatic heterocycles. The van der Waals surface area contributed by atoms with E-state index in [0.717, 1.165) is 54.3 Å². The number of aryl methyl sites for hydroxylation is 1. The number of para-hydroxylation sites is 1. The van der Waals surface area contributed by atoms with E-state index in [1.165, 1.54) is 0 Å². The number of fused-ring (bicyclic) bond motifs is 2. The molecule has 1 fully saturated rings. The molecule has 118 valence electrons. The number of aromatic nitrogens is 1. The first-order valence-electron chi connectivity index (χ1n) is 8.38. The number of nitrogens with zero attached hydrogens (tertiary/aromatic N) is 1. The number of ketones is 1. The van der Waals surface area contributed by atoms with Crippen molar-refractivity contribution in [2.24, 2.45) is 0 Å². The molecule has 2 aliphatic carbocycles. The maximum Gasteiger partial charge on any atom is 0.339 e. The molecule has 1 saturated carbocycles. The molecule has 0 radical (unpaired) electrons. The fourth-order valence-corrected chi connectivity index (χ4v) is 3.71. The van der Waals surface area contributed by atoms with Gasteiger partial charge >= 0.3 is 5.97 Å². The molecule has 4 rings (SSSR count). The largest absolute Gasteiger partial charge is 0.451 e. The lowest BCUT2D eigenvalue weighted by molar-refractivity contribution is -0.129. The summed E-state index contributed by atoms with van der Waals surface area (Å²) in [4.78, 5) is 29.5. The molecule has 0 amide bonds. The minimum atomic E-state index is -0.569. The molecule has 1 atom stereocenters. The van der Waals surface area contributed by atoms with Crippen LogP contribution in [-0.2, 0) is 22.4 Å². The number of pyridine rings is 1. The normalized spacial score (nSPS) is 20.5. The Balaban J connectivity index is 1.75. The van der Waals surface area contributed by atoms with Crippen LogP contribution in [0.2, 0.25) is 0 Å². The fourth-order valence-electron chi connectivity index (χ4n) is 3.71. The zero-order valence-electron chi connectivity index (χ0n) is 13.0. The van der Waals surface area contributed by atoms with Crippen LogP contribution in [0.25, 0.3) is 10.9 Å². The van der Waals surface area contributed by atoms with Crippen LogP contribution in [0.1, 0.15) is 53.7 Å². The molecular weight excluding hydrogens is 290 g/mol. The Morgan fingerprint density at radius 3 is 2.83 bits per heavy atom. The van der Waals surface area contributed by atoms with Crippen molar-refractivity contribution in [3.8, 4) is 0 Å². The van der Waals surface area contributed by atoms with Gasteiger partial charge in [0.2, 0.25) is 0 Å². The molecule has 1 aromatic carbocycles. The third-order valence-electron chi connectivity index (χ3n) is 4.87.